The van der Waals surface area contributed by atoms with E-state index in [-0.39, 0.29) is 5.91 Å². The fourth-order valence-corrected chi connectivity index (χ4v) is 3.59. The van der Waals surface area contributed by atoms with E-state index in [2.05, 4.69) is 34.7 Å². The lowest BCUT2D eigenvalue weighted by Gasteiger charge is -2.24. The Hall–Kier alpha value is -1.29. The molecule has 0 spiro atoms. The average molecular weight is 275 g/mol. The van der Waals surface area contributed by atoms with Crippen LogP contribution in [-0.2, 0) is 0 Å². The number of carbonyl (C=O) groups is 1. The maximum atomic E-state index is 12.8. The van der Waals surface area contributed by atoms with E-state index in [1.165, 1.54) is 18.5 Å². The van der Waals surface area contributed by atoms with E-state index in [1.54, 1.807) is 0 Å². The molecule has 1 aliphatic carbocycles. The second-order valence-corrected chi connectivity index (χ2v) is 6.24. The van der Waals surface area contributed by atoms with E-state index in [9.17, 15) is 4.79 Å². The monoisotopic (exact) mass is 275 g/mol. The Morgan fingerprint density at radius 2 is 2.10 bits per heavy atom. The first-order valence-electron chi connectivity index (χ1n) is 7.77. The maximum Gasteiger partial charge on any atom is 0.255 e. The normalized spacial score (nSPS) is 22.6. The zero-order chi connectivity index (χ0) is 14.3. The van der Waals surface area contributed by atoms with E-state index in [0.29, 0.717) is 12.1 Å². The van der Waals surface area contributed by atoms with Crippen molar-refractivity contribution >= 4 is 5.91 Å². The number of nitrogens with one attached hydrogen (secondary N) is 1. The van der Waals surface area contributed by atoms with Crippen LogP contribution >= 0.6 is 0 Å². The minimum absolute atomic E-state index is 0.225. The molecule has 2 fully saturated rings. The number of likely N-dealkylation sites (N-methyl/N-ethyl adjacent to an activating group) is 1. The van der Waals surface area contributed by atoms with Crippen molar-refractivity contribution in [3.63, 3.8) is 0 Å². The van der Waals surface area contributed by atoms with Crippen molar-refractivity contribution in [3.8, 4) is 0 Å². The van der Waals surface area contributed by atoms with Crippen molar-refractivity contribution in [2.45, 2.75) is 51.6 Å². The highest BCUT2D eigenvalue weighted by atomic mass is 16.2. The van der Waals surface area contributed by atoms with Gasteiger partial charge in [0.05, 0.1) is 5.56 Å². The van der Waals surface area contributed by atoms with Crippen molar-refractivity contribution in [3.05, 3.63) is 23.0 Å². The van der Waals surface area contributed by atoms with Crippen molar-refractivity contribution in [2.24, 2.45) is 0 Å². The number of nitrogens with zero attached hydrogens (tertiary/aromatic N) is 2. The molecule has 1 saturated heterocycles. The third-order valence-corrected chi connectivity index (χ3v) is 4.70. The lowest BCUT2D eigenvalue weighted by atomic mass is 10.2. The Labute approximate surface area is 121 Å². The molecule has 1 atom stereocenters. The Morgan fingerprint density at radius 3 is 2.75 bits per heavy atom. The largest absolute Gasteiger partial charge is 0.345 e. The molecule has 0 bridgehead atoms. The van der Waals surface area contributed by atoms with Crippen LogP contribution in [0, 0.1) is 13.8 Å². The quantitative estimate of drug-likeness (QED) is 0.915. The molecule has 1 N–H and O–H groups in total. The summed E-state index contributed by atoms with van der Waals surface area (Å²) in [7, 11) is 1.96. The number of carbonyl (C=O) groups excluding carboxylic acids is 1. The van der Waals surface area contributed by atoms with E-state index < -0.39 is 0 Å². The first-order chi connectivity index (χ1) is 9.63. The lowest BCUT2D eigenvalue weighted by Crippen LogP contribution is -2.41. The van der Waals surface area contributed by atoms with Crippen LogP contribution in [0.5, 0.6) is 0 Å². The third-order valence-electron chi connectivity index (χ3n) is 4.70. The van der Waals surface area contributed by atoms with Crippen LogP contribution in [0.15, 0.2) is 6.07 Å². The van der Waals surface area contributed by atoms with Gasteiger partial charge in [0.25, 0.3) is 5.91 Å². The highest BCUT2D eigenvalue weighted by Crippen LogP contribution is 2.38. The average Bonchev–Trinajstić information content (AvgIpc) is 3.06. The van der Waals surface area contributed by atoms with Gasteiger partial charge >= 0.3 is 0 Å². The van der Waals surface area contributed by atoms with Gasteiger partial charge < -0.3 is 14.8 Å². The van der Waals surface area contributed by atoms with Gasteiger partial charge in [0.2, 0.25) is 0 Å². The summed E-state index contributed by atoms with van der Waals surface area (Å²) in [6.45, 7) is 6.02. The van der Waals surface area contributed by atoms with Crippen molar-refractivity contribution < 1.29 is 4.79 Å². The van der Waals surface area contributed by atoms with Gasteiger partial charge in [-0.3, -0.25) is 4.79 Å². The predicted octanol–water partition coefficient (Wildman–Crippen LogP) is 2.26. The predicted molar refractivity (Wildman–Crippen MR) is 80.2 cm³/mol. The highest BCUT2D eigenvalue weighted by molar-refractivity contribution is 5.96. The molecule has 2 heterocycles. The first-order valence-corrected chi connectivity index (χ1v) is 7.77. The van der Waals surface area contributed by atoms with Crippen LogP contribution in [0.25, 0.3) is 0 Å². The minimum Gasteiger partial charge on any atom is -0.345 e. The highest BCUT2D eigenvalue weighted by Gasteiger charge is 2.33. The van der Waals surface area contributed by atoms with Crippen LogP contribution in [0.2, 0.25) is 0 Å². The smallest absolute Gasteiger partial charge is 0.255 e. The summed E-state index contributed by atoms with van der Waals surface area (Å²) in [5.41, 5.74) is 3.31. The number of aryl methyl sites for hydroxylation is 1. The molecule has 0 aromatic carbocycles. The molecule has 1 saturated carbocycles. The summed E-state index contributed by atoms with van der Waals surface area (Å²) in [5.74, 6) is 0.225. The van der Waals surface area contributed by atoms with Crippen molar-refractivity contribution in [2.75, 3.05) is 20.1 Å². The van der Waals surface area contributed by atoms with Gasteiger partial charge in [-0.25, -0.2) is 0 Å². The molecule has 4 nitrogen and oxygen atoms in total. The molecular formula is C16H25N3O. The number of likely N-dealkylation sites (tertiary alicyclic amines) is 1. The van der Waals surface area contributed by atoms with Crippen LogP contribution in [-0.4, -0.2) is 41.6 Å². The summed E-state index contributed by atoms with van der Waals surface area (Å²) >= 11 is 0. The summed E-state index contributed by atoms with van der Waals surface area (Å²) in [5, 5.41) is 3.21. The molecule has 3 rings (SSSR count). The Bertz CT molecular complexity index is 516. The van der Waals surface area contributed by atoms with Gasteiger partial charge in [-0.2, -0.15) is 0 Å². The van der Waals surface area contributed by atoms with Gasteiger partial charge in [0.1, 0.15) is 0 Å². The fraction of sp³-hybridized carbons (Fsp3) is 0.688. The Morgan fingerprint density at radius 1 is 1.35 bits per heavy atom. The molecular weight excluding hydrogens is 250 g/mol. The molecule has 20 heavy (non-hydrogen) atoms. The molecule has 0 radical (unpaired) electrons. The molecule has 1 amide bonds. The van der Waals surface area contributed by atoms with E-state index >= 15 is 0 Å². The number of rotatable bonds is 4. The summed E-state index contributed by atoms with van der Waals surface area (Å²) < 4.78 is 2.36. The van der Waals surface area contributed by atoms with Gasteiger partial charge in [-0.15, -0.1) is 0 Å². The zero-order valence-electron chi connectivity index (χ0n) is 12.8. The minimum atomic E-state index is 0.225. The fourth-order valence-electron chi connectivity index (χ4n) is 3.59. The van der Waals surface area contributed by atoms with Crippen molar-refractivity contribution in [1.29, 1.82) is 0 Å². The van der Waals surface area contributed by atoms with Gasteiger partial charge in [-0.05, 0) is 52.6 Å². The lowest BCUT2D eigenvalue weighted by molar-refractivity contribution is 0.0736. The maximum absolute atomic E-state index is 12.8. The summed E-state index contributed by atoms with van der Waals surface area (Å²) in [4.78, 5) is 14.9. The van der Waals surface area contributed by atoms with Crippen LogP contribution < -0.4 is 5.32 Å². The number of hydrogen-bond donors (Lipinski definition) is 1. The summed E-state index contributed by atoms with van der Waals surface area (Å²) in [6.07, 6.45) is 4.76. The first kappa shape index (κ1) is 13.7. The van der Waals surface area contributed by atoms with Crippen LogP contribution in [0.1, 0.15) is 53.5 Å². The molecule has 1 aromatic rings. The van der Waals surface area contributed by atoms with Gasteiger partial charge in [-0.1, -0.05) is 0 Å². The van der Waals surface area contributed by atoms with Crippen LogP contribution in [0.3, 0.4) is 0 Å². The zero-order valence-corrected chi connectivity index (χ0v) is 12.8. The van der Waals surface area contributed by atoms with Gasteiger partial charge in [0, 0.05) is 36.6 Å². The van der Waals surface area contributed by atoms with Crippen molar-refractivity contribution in [1.82, 2.24) is 14.8 Å². The van der Waals surface area contributed by atoms with E-state index in [4.69, 9.17) is 0 Å². The molecule has 4 heteroatoms. The Balaban J connectivity index is 1.85. The summed E-state index contributed by atoms with van der Waals surface area (Å²) in [6, 6.07) is 3.09. The van der Waals surface area contributed by atoms with Gasteiger partial charge in [0.15, 0.2) is 0 Å². The number of aromatic nitrogens is 1. The Kier molecular flexibility index (Phi) is 3.59. The van der Waals surface area contributed by atoms with E-state index in [0.717, 1.165) is 37.2 Å². The number of hydrogen-bond acceptors (Lipinski definition) is 2. The molecule has 2 aliphatic rings. The van der Waals surface area contributed by atoms with Crippen LogP contribution in [0.4, 0.5) is 0 Å². The SMILES string of the molecule is CNC[C@H]1CCCN1C(=O)c1cc(C)n(C2CC2)c1C. The third kappa shape index (κ3) is 2.26. The molecule has 1 aliphatic heterocycles. The number of amides is 1. The second kappa shape index (κ2) is 5.24. The topological polar surface area (TPSA) is 37.3 Å². The van der Waals surface area contributed by atoms with E-state index in [1.807, 2.05) is 7.05 Å². The standard InChI is InChI=1S/C16H25N3O/c1-11-9-15(12(2)19(11)13-6-7-13)16(20)18-8-4-5-14(18)10-17-3/h9,13-14,17H,4-8,10H2,1-3H3/t14-/m1/s1. The molecule has 1 aromatic heterocycles. The molecule has 0 unspecified atom stereocenters. The second-order valence-electron chi connectivity index (χ2n) is 6.24. The molecule has 110 valence electrons.